The van der Waals surface area contributed by atoms with Crippen LogP contribution in [0, 0.1) is 12.7 Å². The molecule has 0 bridgehead atoms. The van der Waals surface area contributed by atoms with Gasteiger partial charge in [0.1, 0.15) is 5.82 Å². The fourth-order valence-corrected chi connectivity index (χ4v) is 6.56. The Bertz CT molecular complexity index is 1730. The van der Waals surface area contributed by atoms with Gasteiger partial charge in [0, 0.05) is 44.7 Å². The first-order chi connectivity index (χ1) is 18.8. The van der Waals surface area contributed by atoms with Crippen molar-refractivity contribution in [1.29, 1.82) is 0 Å². The molecular weight excluding hydrogens is 517 g/mol. The van der Waals surface area contributed by atoms with Crippen LogP contribution in [0.15, 0.2) is 84.1 Å². The van der Waals surface area contributed by atoms with Gasteiger partial charge in [0.15, 0.2) is 0 Å². The molecule has 6 rings (SSSR count). The lowest BCUT2D eigenvalue weighted by Gasteiger charge is -2.41. The first kappa shape index (κ1) is 25.4. The molecule has 1 aliphatic rings. The molecule has 0 saturated carbocycles. The predicted molar refractivity (Wildman–Crippen MR) is 145 cm³/mol. The van der Waals surface area contributed by atoms with Crippen LogP contribution in [0.1, 0.15) is 22.7 Å². The number of halogens is 1. The van der Waals surface area contributed by atoms with Crippen LogP contribution < -0.4 is 0 Å². The van der Waals surface area contributed by atoms with E-state index in [1.165, 1.54) is 27.4 Å². The minimum Gasteiger partial charge on any atom is -0.289 e. The Kier molecular flexibility index (Phi) is 6.49. The third-order valence-electron chi connectivity index (χ3n) is 7.25. The first-order valence-corrected chi connectivity index (χ1v) is 14.1. The lowest BCUT2D eigenvalue weighted by atomic mass is 9.96. The fourth-order valence-electron chi connectivity index (χ4n) is 5.24. The third-order valence-corrected chi connectivity index (χ3v) is 8.98. The van der Waals surface area contributed by atoms with Crippen LogP contribution in [0.4, 0.5) is 4.39 Å². The van der Waals surface area contributed by atoms with Crippen LogP contribution >= 0.6 is 0 Å². The number of rotatable bonds is 6. The summed E-state index contributed by atoms with van der Waals surface area (Å²) in [6, 6.07) is 20.4. The number of piperazine rings is 1. The zero-order valence-corrected chi connectivity index (χ0v) is 22.5. The number of nitrogens with zero attached hydrogens (tertiary/aromatic N) is 7. The molecule has 1 saturated heterocycles. The molecule has 3 heterocycles. The van der Waals surface area contributed by atoms with Gasteiger partial charge in [-0.2, -0.15) is 19.3 Å². The van der Waals surface area contributed by atoms with Gasteiger partial charge in [-0.05, 0) is 60.0 Å². The van der Waals surface area contributed by atoms with Gasteiger partial charge in [0.2, 0.25) is 5.03 Å². The molecule has 2 aromatic heterocycles. The molecule has 0 unspecified atom stereocenters. The monoisotopic (exact) mass is 545 g/mol. The van der Waals surface area contributed by atoms with Crippen molar-refractivity contribution in [3.63, 3.8) is 0 Å². The van der Waals surface area contributed by atoms with Crippen molar-refractivity contribution in [2.75, 3.05) is 19.6 Å². The van der Waals surface area contributed by atoms with Gasteiger partial charge in [-0.15, -0.1) is 5.10 Å². The minimum absolute atomic E-state index is 0.0481. The molecule has 1 atom stereocenters. The van der Waals surface area contributed by atoms with Gasteiger partial charge in [0.05, 0.1) is 23.6 Å². The molecule has 9 nitrogen and oxygen atoms in total. The summed E-state index contributed by atoms with van der Waals surface area (Å²) in [7, 11) is -2.20. The quantitative estimate of drug-likeness (QED) is 0.322. The van der Waals surface area contributed by atoms with Crippen LogP contribution in [0.3, 0.4) is 0 Å². The Morgan fingerprint density at radius 3 is 2.46 bits per heavy atom. The van der Waals surface area contributed by atoms with Crippen molar-refractivity contribution in [2.24, 2.45) is 7.05 Å². The first-order valence-electron chi connectivity index (χ1n) is 12.7. The van der Waals surface area contributed by atoms with Crippen molar-refractivity contribution in [1.82, 2.24) is 34.0 Å². The number of aromatic nitrogens is 5. The summed E-state index contributed by atoms with van der Waals surface area (Å²) in [5.74, 6) is -0.300. The number of hydrogen-bond donors (Lipinski definition) is 0. The van der Waals surface area contributed by atoms with E-state index >= 15 is 0 Å². The van der Waals surface area contributed by atoms with E-state index in [2.05, 4.69) is 44.5 Å². The molecule has 3 aromatic carbocycles. The van der Waals surface area contributed by atoms with Gasteiger partial charge in [-0.25, -0.2) is 17.5 Å². The van der Waals surface area contributed by atoms with Gasteiger partial charge < -0.3 is 0 Å². The Morgan fingerprint density at radius 2 is 1.74 bits per heavy atom. The molecule has 0 N–H and O–H groups in total. The highest BCUT2D eigenvalue weighted by Crippen LogP contribution is 2.34. The maximum absolute atomic E-state index is 13.5. The number of hydrogen-bond acceptors (Lipinski definition) is 6. The van der Waals surface area contributed by atoms with Crippen molar-refractivity contribution >= 4 is 20.9 Å². The second-order valence-electron chi connectivity index (χ2n) is 9.81. The summed E-state index contributed by atoms with van der Waals surface area (Å²) in [5, 5.41) is 13.5. The van der Waals surface area contributed by atoms with Crippen molar-refractivity contribution in [3.05, 3.63) is 102 Å². The summed E-state index contributed by atoms with van der Waals surface area (Å²) >= 11 is 0. The van der Waals surface area contributed by atoms with Crippen LogP contribution in [0.5, 0.6) is 0 Å². The van der Waals surface area contributed by atoms with E-state index in [0.717, 1.165) is 33.3 Å². The Morgan fingerprint density at radius 1 is 0.974 bits per heavy atom. The van der Waals surface area contributed by atoms with Crippen LogP contribution in [0.2, 0.25) is 0 Å². The Hall–Kier alpha value is -3.93. The topological polar surface area (TPSA) is 89.2 Å². The van der Waals surface area contributed by atoms with E-state index in [1.54, 1.807) is 30.1 Å². The lowest BCUT2D eigenvalue weighted by Crippen LogP contribution is -2.50. The molecule has 1 aliphatic heterocycles. The van der Waals surface area contributed by atoms with Crippen molar-refractivity contribution < 1.29 is 12.8 Å². The Labute approximate surface area is 226 Å². The van der Waals surface area contributed by atoms with Gasteiger partial charge in [-0.3, -0.25) is 4.90 Å². The number of fused-ring (bicyclic) bond motifs is 1. The predicted octanol–water partition coefficient (Wildman–Crippen LogP) is 3.85. The Balaban J connectivity index is 1.39. The summed E-state index contributed by atoms with van der Waals surface area (Å²) < 4.78 is 43.7. The molecular formula is C28H28FN7O2S. The second kappa shape index (κ2) is 9.99. The summed E-state index contributed by atoms with van der Waals surface area (Å²) in [5.41, 5.74) is 4.89. The van der Waals surface area contributed by atoms with Gasteiger partial charge in [-0.1, -0.05) is 30.3 Å². The highest BCUT2D eigenvalue weighted by atomic mass is 32.2. The lowest BCUT2D eigenvalue weighted by molar-refractivity contribution is 0.110. The summed E-state index contributed by atoms with van der Waals surface area (Å²) in [6.45, 7) is 3.92. The van der Waals surface area contributed by atoms with Crippen molar-refractivity contribution in [2.45, 2.75) is 24.5 Å². The fraction of sp³-hybridized carbons (Fsp3) is 0.250. The number of aryl methyl sites for hydroxylation is 2. The zero-order valence-electron chi connectivity index (χ0n) is 21.6. The SMILES string of the molecule is Cc1cc2c(cnn2-c2ccc(F)cc2)cc1[C@H]1CN(S(=O)(=O)c2cnn(C)n2)CCN1Cc1ccccc1. The maximum atomic E-state index is 13.5. The molecule has 200 valence electrons. The molecule has 0 aliphatic carbocycles. The average Bonchev–Trinajstić information content (AvgIpc) is 3.56. The second-order valence-corrected chi connectivity index (χ2v) is 11.7. The minimum atomic E-state index is -3.80. The zero-order chi connectivity index (χ0) is 27.1. The van der Waals surface area contributed by atoms with E-state index in [0.29, 0.717) is 19.6 Å². The number of sulfonamides is 1. The van der Waals surface area contributed by atoms with Crippen LogP contribution in [-0.4, -0.2) is 62.0 Å². The molecule has 1 fully saturated rings. The van der Waals surface area contributed by atoms with Gasteiger partial charge >= 0.3 is 0 Å². The normalized spacial score (nSPS) is 17.2. The maximum Gasteiger partial charge on any atom is 0.264 e. The summed E-state index contributed by atoms with van der Waals surface area (Å²) in [4.78, 5) is 3.59. The standard InChI is InChI=1S/C28H28FN7O2S/c1-20-14-26-22(16-31-36(26)24-10-8-23(29)9-11-24)15-25(20)27-19-35(39(37,38)28-17-30-33(2)32-28)13-12-34(27)18-21-6-4-3-5-7-21/h3-11,14-17,27H,12-13,18-19H2,1-2H3/t27-/m1/s1. The molecule has 0 radical (unpaired) electrons. The largest absolute Gasteiger partial charge is 0.289 e. The highest BCUT2D eigenvalue weighted by Gasteiger charge is 2.37. The van der Waals surface area contributed by atoms with Crippen LogP contribution in [0.25, 0.3) is 16.6 Å². The molecule has 11 heteroatoms. The van der Waals surface area contributed by atoms with Gasteiger partial charge in [0.25, 0.3) is 10.0 Å². The average molecular weight is 546 g/mol. The smallest absolute Gasteiger partial charge is 0.264 e. The number of benzene rings is 3. The highest BCUT2D eigenvalue weighted by molar-refractivity contribution is 7.89. The van der Waals surface area contributed by atoms with E-state index in [4.69, 9.17) is 0 Å². The summed E-state index contributed by atoms with van der Waals surface area (Å²) in [6.07, 6.45) is 3.09. The van der Waals surface area contributed by atoms with Crippen LogP contribution in [-0.2, 0) is 23.6 Å². The van der Waals surface area contributed by atoms with E-state index in [1.807, 2.05) is 25.1 Å². The molecule has 0 spiro atoms. The molecule has 0 amide bonds. The molecule has 5 aromatic rings. The molecule has 39 heavy (non-hydrogen) atoms. The van der Waals surface area contributed by atoms with E-state index in [-0.39, 0.29) is 23.4 Å². The van der Waals surface area contributed by atoms with Crippen molar-refractivity contribution in [3.8, 4) is 5.69 Å². The third kappa shape index (κ3) is 4.84. The van der Waals surface area contributed by atoms with E-state index in [9.17, 15) is 12.8 Å². The van der Waals surface area contributed by atoms with E-state index < -0.39 is 10.0 Å².